The Kier molecular flexibility index (Phi) is 5.61. The topological polar surface area (TPSA) is 75.6 Å². The van der Waals surface area contributed by atoms with Gasteiger partial charge < -0.3 is 10.6 Å². The second kappa shape index (κ2) is 8.50. The van der Waals surface area contributed by atoms with Gasteiger partial charge in [-0.05, 0) is 48.0 Å². The number of alkyl halides is 3. The van der Waals surface area contributed by atoms with Crippen molar-refractivity contribution in [3.63, 3.8) is 0 Å². The van der Waals surface area contributed by atoms with Gasteiger partial charge in [0.1, 0.15) is 17.9 Å². The predicted molar refractivity (Wildman–Crippen MR) is 109 cm³/mol. The fourth-order valence-corrected chi connectivity index (χ4v) is 2.87. The van der Waals surface area contributed by atoms with Crippen molar-refractivity contribution in [1.29, 1.82) is 0 Å². The number of aromatic nitrogens is 4. The summed E-state index contributed by atoms with van der Waals surface area (Å²) < 4.78 is 51.6. The molecule has 4 aromatic rings. The average molecular weight is 428 g/mol. The number of pyridine rings is 2. The lowest BCUT2D eigenvalue weighted by Gasteiger charge is -2.13. The summed E-state index contributed by atoms with van der Waals surface area (Å²) in [5.41, 5.74) is 2.48. The molecule has 0 aliphatic heterocycles. The van der Waals surface area contributed by atoms with Crippen molar-refractivity contribution in [3.8, 4) is 11.3 Å². The second-order valence-corrected chi connectivity index (χ2v) is 6.65. The van der Waals surface area contributed by atoms with Crippen LogP contribution in [0.2, 0.25) is 0 Å². The van der Waals surface area contributed by atoms with Crippen LogP contribution >= 0.6 is 0 Å². The van der Waals surface area contributed by atoms with Crippen molar-refractivity contribution in [2.45, 2.75) is 12.7 Å². The molecular weight excluding hydrogens is 412 g/mol. The molecule has 0 spiro atoms. The highest BCUT2D eigenvalue weighted by molar-refractivity contribution is 5.88. The van der Waals surface area contributed by atoms with Gasteiger partial charge in [-0.25, -0.2) is 14.4 Å². The largest absolute Gasteiger partial charge is 0.405 e. The number of anilines is 2. The summed E-state index contributed by atoms with van der Waals surface area (Å²) in [7, 11) is 0. The van der Waals surface area contributed by atoms with Crippen LogP contribution in [0.5, 0.6) is 0 Å². The Morgan fingerprint density at radius 1 is 0.871 bits per heavy atom. The smallest absolute Gasteiger partial charge is 0.359 e. The molecule has 0 radical (unpaired) electrons. The number of hydrogen-bond acceptors (Lipinski definition) is 6. The van der Waals surface area contributed by atoms with E-state index in [1.54, 1.807) is 30.6 Å². The maximum absolute atomic E-state index is 13.2. The monoisotopic (exact) mass is 428 g/mol. The van der Waals surface area contributed by atoms with Gasteiger partial charge in [0.15, 0.2) is 5.82 Å². The SMILES string of the molecule is Fc1ccc(-c2ccc3nc(NCc4cccnc4)nc(NCC(F)(F)F)c3n2)cc1. The average Bonchev–Trinajstić information content (AvgIpc) is 2.76. The number of nitrogens with one attached hydrogen (secondary N) is 2. The first-order chi connectivity index (χ1) is 14.9. The van der Waals surface area contributed by atoms with E-state index in [0.717, 1.165) is 5.56 Å². The molecule has 2 N–H and O–H groups in total. The Bertz CT molecular complexity index is 1180. The van der Waals surface area contributed by atoms with Crippen LogP contribution in [0.15, 0.2) is 60.9 Å². The summed E-state index contributed by atoms with van der Waals surface area (Å²) in [6.07, 6.45) is -1.14. The summed E-state index contributed by atoms with van der Waals surface area (Å²) in [6.45, 7) is -0.928. The van der Waals surface area contributed by atoms with E-state index in [1.165, 1.54) is 24.3 Å². The van der Waals surface area contributed by atoms with E-state index in [4.69, 9.17) is 0 Å². The van der Waals surface area contributed by atoms with Gasteiger partial charge in [0.05, 0.1) is 11.2 Å². The van der Waals surface area contributed by atoms with Crippen molar-refractivity contribution in [3.05, 3.63) is 72.3 Å². The molecule has 158 valence electrons. The highest BCUT2D eigenvalue weighted by atomic mass is 19.4. The molecule has 0 fully saturated rings. The lowest BCUT2D eigenvalue weighted by molar-refractivity contribution is -0.115. The van der Waals surface area contributed by atoms with E-state index in [1.807, 2.05) is 6.07 Å². The van der Waals surface area contributed by atoms with Gasteiger partial charge in [-0.1, -0.05) is 6.07 Å². The number of hydrogen-bond donors (Lipinski definition) is 2. The van der Waals surface area contributed by atoms with Gasteiger partial charge in [0.25, 0.3) is 0 Å². The fraction of sp³-hybridized carbons (Fsp3) is 0.143. The molecule has 0 saturated carbocycles. The molecule has 0 saturated heterocycles. The molecule has 3 aromatic heterocycles. The number of fused-ring (bicyclic) bond motifs is 1. The first kappa shape index (κ1) is 20.5. The molecular formula is C21H16F4N6. The second-order valence-electron chi connectivity index (χ2n) is 6.65. The lowest BCUT2D eigenvalue weighted by Crippen LogP contribution is -2.22. The first-order valence-corrected chi connectivity index (χ1v) is 9.25. The molecule has 4 rings (SSSR count). The van der Waals surface area contributed by atoms with Gasteiger partial charge in [-0.3, -0.25) is 4.98 Å². The van der Waals surface area contributed by atoms with Gasteiger partial charge in [0.2, 0.25) is 5.95 Å². The van der Waals surface area contributed by atoms with Crippen LogP contribution in [0, 0.1) is 5.82 Å². The van der Waals surface area contributed by atoms with Gasteiger partial charge in [-0.15, -0.1) is 0 Å². The van der Waals surface area contributed by atoms with Gasteiger partial charge in [0, 0.05) is 24.5 Å². The van der Waals surface area contributed by atoms with Crippen LogP contribution in [0.3, 0.4) is 0 Å². The minimum Gasteiger partial charge on any atom is -0.359 e. The first-order valence-electron chi connectivity index (χ1n) is 9.25. The quantitative estimate of drug-likeness (QED) is 0.429. The van der Waals surface area contributed by atoms with Crippen molar-refractivity contribution in [2.24, 2.45) is 0 Å². The van der Waals surface area contributed by atoms with Crippen molar-refractivity contribution >= 4 is 22.8 Å². The molecule has 0 aliphatic carbocycles. The number of benzene rings is 1. The van der Waals surface area contributed by atoms with E-state index >= 15 is 0 Å². The van der Waals surface area contributed by atoms with Crippen LogP contribution in [0.1, 0.15) is 5.56 Å². The van der Waals surface area contributed by atoms with Crippen molar-refractivity contribution < 1.29 is 17.6 Å². The summed E-state index contributed by atoms with van der Waals surface area (Å²) in [5, 5.41) is 5.29. The Morgan fingerprint density at radius 2 is 1.68 bits per heavy atom. The van der Waals surface area contributed by atoms with E-state index in [-0.39, 0.29) is 17.3 Å². The third-order valence-corrected chi connectivity index (χ3v) is 4.31. The summed E-state index contributed by atoms with van der Waals surface area (Å²) in [6, 6.07) is 12.6. The van der Waals surface area contributed by atoms with Gasteiger partial charge >= 0.3 is 6.18 Å². The fourth-order valence-electron chi connectivity index (χ4n) is 2.87. The standard InChI is InChI=1S/C21H16F4N6/c22-15-5-3-14(4-6-15)16-7-8-17-18(29-16)19(28-12-21(23,24)25)31-20(30-17)27-11-13-2-1-9-26-10-13/h1-10H,11-12H2,(H2,27,28,30,31). The summed E-state index contributed by atoms with van der Waals surface area (Å²) >= 11 is 0. The third-order valence-electron chi connectivity index (χ3n) is 4.31. The van der Waals surface area contributed by atoms with E-state index in [9.17, 15) is 17.6 Å². The Morgan fingerprint density at radius 3 is 2.39 bits per heavy atom. The molecule has 10 heteroatoms. The Hall–Kier alpha value is -3.82. The van der Waals surface area contributed by atoms with Crippen LogP contribution in [0.4, 0.5) is 29.3 Å². The third kappa shape index (κ3) is 5.21. The Labute approximate surface area is 174 Å². The van der Waals surface area contributed by atoms with E-state index in [0.29, 0.717) is 23.3 Å². The molecule has 0 atom stereocenters. The van der Waals surface area contributed by atoms with Crippen molar-refractivity contribution in [2.75, 3.05) is 17.2 Å². The maximum Gasteiger partial charge on any atom is 0.405 e. The summed E-state index contributed by atoms with van der Waals surface area (Å²) in [4.78, 5) is 17.0. The maximum atomic E-state index is 13.2. The normalized spacial score (nSPS) is 11.5. The number of nitrogens with zero attached hydrogens (tertiary/aromatic N) is 4. The Balaban J connectivity index is 1.70. The lowest BCUT2D eigenvalue weighted by atomic mass is 10.1. The molecule has 31 heavy (non-hydrogen) atoms. The zero-order valence-electron chi connectivity index (χ0n) is 16.0. The molecule has 0 bridgehead atoms. The zero-order chi connectivity index (χ0) is 21.8. The molecule has 1 aromatic carbocycles. The minimum atomic E-state index is -4.44. The van der Waals surface area contributed by atoms with Crippen LogP contribution in [0.25, 0.3) is 22.3 Å². The molecule has 6 nitrogen and oxygen atoms in total. The molecule has 0 amide bonds. The molecule has 3 heterocycles. The molecule has 0 aliphatic rings. The highest BCUT2D eigenvalue weighted by Gasteiger charge is 2.27. The number of halogens is 4. The molecule has 0 unspecified atom stereocenters. The van der Waals surface area contributed by atoms with E-state index < -0.39 is 18.5 Å². The zero-order valence-corrected chi connectivity index (χ0v) is 16.0. The van der Waals surface area contributed by atoms with E-state index in [2.05, 4.69) is 30.6 Å². The van der Waals surface area contributed by atoms with Crippen molar-refractivity contribution in [1.82, 2.24) is 19.9 Å². The van der Waals surface area contributed by atoms with Gasteiger partial charge in [-0.2, -0.15) is 18.2 Å². The minimum absolute atomic E-state index is 0.0556. The summed E-state index contributed by atoms with van der Waals surface area (Å²) in [5.74, 6) is -0.304. The van der Waals surface area contributed by atoms with Crippen LogP contribution in [-0.2, 0) is 6.54 Å². The number of rotatable bonds is 6. The highest BCUT2D eigenvalue weighted by Crippen LogP contribution is 2.26. The van der Waals surface area contributed by atoms with Crippen LogP contribution in [-0.4, -0.2) is 32.7 Å². The van der Waals surface area contributed by atoms with Crippen LogP contribution < -0.4 is 10.6 Å². The predicted octanol–water partition coefficient (Wildman–Crippen LogP) is 4.81.